The van der Waals surface area contributed by atoms with Gasteiger partial charge in [-0.2, -0.15) is 0 Å². The minimum absolute atomic E-state index is 0.0811. The smallest absolute Gasteiger partial charge is 0.345 e. The van der Waals surface area contributed by atoms with E-state index in [1.54, 1.807) is 13.8 Å². The Balaban J connectivity index is 2.60. The first-order valence-corrected chi connectivity index (χ1v) is 8.25. The topological polar surface area (TPSA) is 120 Å². The summed E-state index contributed by atoms with van der Waals surface area (Å²) in [6, 6.07) is 0. The van der Waals surface area contributed by atoms with Crippen molar-refractivity contribution in [1.82, 2.24) is 18.7 Å². The Morgan fingerprint density at radius 1 is 1.33 bits per heavy atom. The van der Waals surface area contributed by atoms with Gasteiger partial charge in [0.1, 0.15) is 0 Å². The molecular weight excluding hydrogens is 374 g/mol. The van der Waals surface area contributed by atoms with Gasteiger partial charge in [0.15, 0.2) is 10.5 Å². The van der Waals surface area contributed by atoms with Crippen LogP contribution in [0.5, 0.6) is 5.88 Å². The van der Waals surface area contributed by atoms with Gasteiger partial charge in [-0.3, -0.25) is 18.5 Å². The second kappa shape index (κ2) is 7.92. The zero-order valence-electron chi connectivity index (χ0n) is 15.1. The van der Waals surface area contributed by atoms with Gasteiger partial charge in [0.05, 0.1) is 6.61 Å². The van der Waals surface area contributed by atoms with Crippen molar-refractivity contribution in [3.8, 4) is 5.88 Å². The number of azo groups is 1. The highest BCUT2D eigenvalue weighted by molar-refractivity contribution is 7.71. The van der Waals surface area contributed by atoms with E-state index in [-0.39, 0.29) is 41.1 Å². The maximum atomic E-state index is 12.4. The van der Waals surface area contributed by atoms with Crippen molar-refractivity contribution in [3.63, 3.8) is 0 Å². The highest BCUT2D eigenvalue weighted by atomic mass is 32.1. The second-order valence-electron chi connectivity index (χ2n) is 5.24. The van der Waals surface area contributed by atoms with Gasteiger partial charge in [0.2, 0.25) is 11.6 Å². The number of esters is 1. The molecule has 2 aromatic rings. The molecule has 0 atom stereocenters. The van der Waals surface area contributed by atoms with Crippen molar-refractivity contribution in [1.29, 1.82) is 0 Å². The number of nitrogens with zero attached hydrogens (tertiary/aromatic N) is 7. The number of aromatic nitrogens is 4. The van der Waals surface area contributed by atoms with Crippen LogP contribution in [-0.2, 0) is 25.4 Å². The standard InChI is InChI=1S/C15H17N7O4S/c1-6-22-12(24)8(11(23)21(5)15(22)27)18-19-14-17-10(16-3)9(20(14)4)13(25)26-7-2/h23H,6-7H2,1-2,4-5H3. The molecular formula is C15H17N7O4S. The van der Waals surface area contributed by atoms with Crippen molar-refractivity contribution in [2.75, 3.05) is 6.61 Å². The number of aromatic hydroxyl groups is 1. The lowest BCUT2D eigenvalue weighted by Crippen LogP contribution is -2.23. The van der Waals surface area contributed by atoms with Crippen LogP contribution in [0.4, 0.5) is 17.5 Å². The van der Waals surface area contributed by atoms with Crippen LogP contribution in [-0.4, -0.2) is 36.4 Å². The normalized spacial score (nSPS) is 10.9. The van der Waals surface area contributed by atoms with Crippen LogP contribution in [0.25, 0.3) is 4.85 Å². The maximum Gasteiger partial charge on any atom is 0.345 e. The fourth-order valence-corrected chi connectivity index (χ4v) is 2.57. The van der Waals surface area contributed by atoms with E-state index in [4.69, 9.17) is 23.5 Å². The van der Waals surface area contributed by atoms with Gasteiger partial charge in [-0.1, -0.05) is 16.7 Å². The fraction of sp³-hybridized carbons (Fsp3) is 0.400. The van der Waals surface area contributed by atoms with Crippen molar-refractivity contribution in [2.24, 2.45) is 24.3 Å². The van der Waals surface area contributed by atoms with Gasteiger partial charge in [-0.25, -0.2) is 4.79 Å². The molecule has 27 heavy (non-hydrogen) atoms. The lowest BCUT2D eigenvalue weighted by atomic mass is 10.4. The van der Waals surface area contributed by atoms with E-state index in [1.165, 1.54) is 27.8 Å². The molecule has 0 aliphatic heterocycles. The van der Waals surface area contributed by atoms with Crippen LogP contribution in [0.2, 0.25) is 0 Å². The summed E-state index contributed by atoms with van der Waals surface area (Å²) in [4.78, 5) is 31.5. The number of carbonyl (C=O) groups is 1. The molecule has 0 saturated carbocycles. The third-order valence-corrected chi connectivity index (χ3v) is 4.17. The first kappa shape index (κ1) is 20.0. The average molecular weight is 391 g/mol. The van der Waals surface area contributed by atoms with E-state index < -0.39 is 17.4 Å². The van der Waals surface area contributed by atoms with Crippen molar-refractivity contribution < 1.29 is 14.6 Å². The zero-order chi connectivity index (χ0) is 20.3. The molecule has 0 aliphatic carbocycles. The van der Waals surface area contributed by atoms with E-state index in [0.717, 1.165) is 0 Å². The minimum atomic E-state index is -0.724. The summed E-state index contributed by atoms with van der Waals surface area (Å²) < 4.78 is 8.73. The first-order chi connectivity index (χ1) is 12.8. The Labute approximate surface area is 159 Å². The van der Waals surface area contributed by atoms with E-state index >= 15 is 0 Å². The molecule has 0 amide bonds. The van der Waals surface area contributed by atoms with Gasteiger partial charge in [-0.05, 0) is 26.1 Å². The molecule has 11 nitrogen and oxygen atoms in total. The molecule has 0 aliphatic rings. The Morgan fingerprint density at radius 3 is 2.56 bits per heavy atom. The summed E-state index contributed by atoms with van der Waals surface area (Å²) in [6.07, 6.45) is 0. The largest absolute Gasteiger partial charge is 0.493 e. The molecule has 0 aromatic carbocycles. The molecule has 1 N–H and O–H groups in total. The van der Waals surface area contributed by atoms with E-state index in [2.05, 4.69) is 20.1 Å². The third kappa shape index (κ3) is 3.49. The summed E-state index contributed by atoms with van der Waals surface area (Å²) >= 11 is 5.11. The lowest BCUT2D eigenvalue weighted by Gasteiger charge is -2.10. The Kier molecular flexibility index (Phi) is 5.86. The highest BCUT2D eigenvalue weighted by Crippen LogP contribution is 2.28. The molecule has 0 fully saturated rings. The number of ether oxygens (including phenoxy) is 1. The van der Waals surface area contributed by atoms with Crippen molar-refractivity contribution in [2.45, 2.75) is 20.4 Å². The fourth-order valence-electron chi connectivity index (χ4n) is 2.27. The Morgan fingerprint density at radius 2 is 2.00 bits per heavy atom. The van der Waals surface area contributed by atoms with Crippen LogP contribution in [0.1, 0.15) is 24.3 Å². The molecule has 2 rings (SSSR count). The monoisotopic (exact) mass is 391 g/mol. The summed E-state index contributed by atoms with van der Waals surface area (Å²) in [5, 5.41) is 17.8. The molecule has 12 heteroatoms. The summed E-state index contributed by atoms with van der Waals surface area (Å²) in [5.74, 6) is -1.48. The van der Waals surface area contributed by atoms with Crippen LogP contribution in [0.3, 0.4) is 0 Å². The number of hydrogen-bond donors (Lipinski definition) is 1. The molecule has 0 saturated heterocycles. The van der Waals surface area contributed by atoms with Gasteiger partial charge < -0.3 is 14.7 Å². The van der Waals surface area contributed by atoms with Gasteiger partial charge in [-0.15, -0.1) is 5.11 Å². The second-order valence-corrected chi connectivity index (χ2v) is 5.60. The number of imidazole rings is 1. The van der Waals surface area contributed by atoms with E-state index in [1.807, 2.05) is 0 Å². The molecule has 0 bridgehead atoms. The predicted octanol–water partition coefficient (Wildman–Crippen LogP) is 2.52. The molecule has 142 valence electrons. The predicted molar refractivity (Wildman–Crippen MR) is 97.4 cm³/mol. The van der Waals surface area contributed by atoms with Gasteiger partial charge in [0.25, 0.3) is 5.56 Å². The third-order valence-electron chi connectivity index (χ3n) is 3.68. The number of carbonyl (C=O) groups excluding carboxylic acids is 1. The average Bonchev–Trinajstić information content (AvgIpc) is 2.96. The Hall–Kier alpha value is -3.33. The minimum Gasteiger partial charge on any atom is -0.493 e. The quantitative estimate of drug-likeness (QED) is 0.362. The molecule has 0 spiro atoms. The summed E-state index contributed by atoms with van der Waals surface area (Å²) in [5.41, 5.74) is -1.03. The summed E-state index contributed by atoms with van der Waals surface area (Å²) in [7, 11) is 2.94. The van der Waals surface area contributed by atoms with Gasteiger partial charge in [0, 0.05) is 20.6 Å². The van der Waals surface area contributed by atoms with Crippen LogP contribution in [0, 0.1) is 11.3 Å². The van der Waals surface area contributed by atoms with E-state index in [9.17, 15) is 14.7 Å². The zero-order valence-corrected chi connectivity index (χ0v) is 15.9. The number of rotatable bonds is 5. The van der Waals surface area contributed by atoms with Crippen LogP contribution >= 0.6 is 12.2 Å². The summed E-state index contributed by atoms with van der Waals surface area (Å²) in [6.45, 7) is 10.9. The number of hydrogen-bond acceptors (Lipinski definition) is 8. The lowest BCUT2D eigenvalue weighted by molar-refractivity contribution is 0.0517. The SMILES string of the molecule is [C-]#[N+]c1nc(N=Nc2c(O)n(C)c(=S)n(CC)c2=O)n(C)c1C(=O)OCC. The maximum absolute atomic E-state index is 12.4. The molecule has 0 unspecified atom stereocenters. The first-order valence-electron chi connectivity index (χ1n) is 7.84. The highest BCUT2D eigenvalue weighted by Gasteiger charge is 2.24. The molecule has 2 aromatic heterocycles. The molecule has 2 heterocycles. The van der Waals surface area contributed by atoms with Gasteiger partial charge >= 0.3 is 17.7 Å². The van der Waals surface area contributed by atoms with E-state index in [0.29, 0.717) is 0 Å². The molecule has 0 radical (unpaired) electrons. The van der Waals surface area contributed by atoms with Crippen LogP contribution in [0.15, 0.2) is 15.0 Å². The Bertz CT molecular complexity index is 1090. The van der Waals surface area contributed by atoms with Crippen molar-refractivity contribution in [3.05, 3.63) is 32.2 Å². The van der Waals surface area contributed by atoms with Crippen molar-refractivity contribution >= 4 is 35.6 Å². The van der Waals surface area contributed by atoms with Crippen LogP contribution < -0.4 is 5.56 Å².